The van der Waals surface area contributed by atoms with E-state index in [1.807, 2.05) is 20.8 Å². The van der Waals surface area contributed by atoms with Crippen molar-refractivity contribution >= 4 is 82.7 Å². The average Bonchev–Trinajstić information content (AvgIpc) is 3.66. The molecule has 0 spiro atoms. The molecule has 17 N–H and O–H groups in total. The summed E-state index contributed by atoms with van der Waals surface area (Å²) in [6, 6.07) is -0.450. The number of nitrogens with zero attached hydrogens (tertiary/aromatic N) is 1. The summed E-state index contributed by atoms with van der Waals surface area (Å²) in [5.74, 6) is -12.0. The van der Waals surface area contributed by atoms with Gasteiger partial charge in [0, 0.05) is 36.5 Å². The van der Waals surface area contributed by atoms with Crippen molar-refractivity contribution in [2.45, 2.75) is 155 Å². The van der Waals surface area contributed by atoms with Crippen molar-refractivity contribution in [2.24, 2.45) is 35.0 Å². The van der Waals surface area contributed by atoms with Gasteiger partial charge in [0.25, 0.3) is 0 Å². The van der Waals surface area contributed by atoms with Gasteiger partial charge in [-0.15, -0.1) is 11.8 Å². The topological polar surface area (TPSA) is 454 Å². The normalized spacial score (nSPS) is 14.2. The van der Waals surface area contributed by atoms with Crippen LogP contribution in [0, 0.1) is 17.8 Å². The van der Waals surface area contributed by atoms with Crippen molar-refractivity contribution in [3.8, 4) is 5.75 Å². The van der Waals surface area contributed by atoms with Gasteiger partial charge in [0.1, 0.15) is 48.0 Å². The molecule has 85 heavy (non-hydrogen) atoms. The van der Waals surface area contributed by atoms with Crippen LogP contribution in [0.4, 0.5) is 0 Å². The molecular formula is C56H87N13O15S. The SMILES string of the molecule is CCCC[C@H](NC(=O)[C@H](CC(N)=O)NC(=O)[C@@H](CC(C)C)NC(=O)[C@@H](C)CCCN)C(=O)N[C@H](C(=O)N[C@@H](CO)C(=O)N[C@@H](CSCC(=O)N[C@@H](Cc1ccc(OCC(=O)O)cc1)C(=O)N[C@H](C)Cc1ccncc1)C(=O)NCC(N)=O)C(C)C. The van der Waals surface area contributed by atoms with E-state index in [-0.39, 0.29) is 48.5 Å². The van der Waals surface area contributed by atoms with E-state index in [0.717, 1.165) is 17.3 Å². The van der Waals surface area contributed by atoms with Gasteiger partial charge < -0.3 is 80.0 Å². The molecule has 0 saturated heterocycles. The van der Waals surface area contributed by atoms with Crippen LogP contribution in [-0.2, 0) is 70.4 Å². The molecule has 28 nitrogen and oxygen atoms in total. The second-order valence-electron chi connectivity index (χ2n) is 21.3. The molecule has 2 aromatic rings. The summed E-state index contributed by atoms with van der Waals surface area (Å²) in [7, 11) is 0. The van der Waals surface area contributed by atoms with Crippen molar-refractivity contribution < 1.29 is 72.5 Å². The summed E-state index contributed by atoms with van der Waals surface area (Å²) in [5, 5.41) is 42.4. The Morgan fingerprint density at radius 3 is 1.74 bits per heavy atom. The second-order valence-corrected chi connectivity index (χ2v) is 22.3. The van der Waals surface area contributed by atoms with Gasteiger partial charge in [-0.25, -0.2) is 4.79 Å². The van der Waals surface area contributed by atoms with Gasteiger partial charge in [0.15, 0.2) is 6.61 Å². The van der Waals surface area contributed by atoms with Crippen LogP contribution in [0.5, 0.6) is 5.75 Å². The lowest BCUT2D eigenvalue weighted by Gasteiger charge is -2.28. The van der Waals surface area contributed by atoms with Crippen molar-refractivity contribution in [1.29, 1.82) is 0 Å². The highest BCUT2D eigenvalue weighted by molar-refractivity contribution is 8.00. The molecule has 2 rings (SSSR count). The number of carboxylic acid groups (broad SMARTS) is 1. The van der Waals surface area contributed by atoms with Crippen LogP contribution in [-0.4, -0.2) is 172 Å². The monoisotopic (exact) mass is 1210 g/mol. The largest absolute Gasteiger partial charge is 0.482 e. The lowest BCUT2D eigenvalue weighted by molar-refractivity contribution is -0.139. The Morgan fingerprint density at radius 1 is 0.600 bits per heavy atom. The molecular weight excluding hydrogens is 1130 g/mol. The Bertz CT molecular complexity index is 2540. The molecule has 1 aromatic carbocycles. The molecule has 0 aliphatic heterocycles. The van der Waals surface area contributed by atoms with E-state index in [4.69, 9.17) is 27.0 Å². The number of ether oxygens (including phenoxy) is 1. The molecule has 0 radical (unpaired) electrons. The quantitative estimate of drug-likeness (QED) is 0.0333. The Balaban J connectivity index is 2.28. The molecule has 11 amide bonds. The minimum Gasteiger partial charge on any atom is -0.482 e. The number of aliphatic carboxylic acids is 1. The first-order valence-electron chi connectivity index (χ1n) is 28.1. The number of aliphatic hydroxyl groups excluding tert-OH is 1. The molecule has 29 heteroatoms. The highest BCUT2D eigenvalue weighted by Crippen LogP contribution is 2.16. The van der Waals surface area contributed by atoms with Crippen LogP contribution >= 0.6 is 11.8 Å². The predicted molar refractivity (Wildman–Crippen MR) is 314 cm³/mol. The van der Waals surface area contributed by atoms with Gasteiger partial charge in [-0.1, -0.05) is 66.5 Å². The second kappa shape index (κ2) is 38.8. The number of primary amides is 2. The van der Waals surface area contributed by atoms with Crippen LogP contribution in [0.25, 0.3) is 0 Å². The molecule has 0 bridgehead atoms. The number of aromatic nitrogens is 1. The van der Waals surface area contributed by atoms with E-state index in [9.17, 15) is 62.6 Å². The van der Waals surface area contributed by atoms with E-state index in [0.29, 0.717) is 44.2 Å². The molecule has 1 aromatic heterocycles. The van der Waals surface area contributed by atoms with Crippen LogP contribution < -0.4 is 69.8 Å². The number of unbranched alkanes of at least 4 members (excludes halogenated alkanes) is 1. The van der Waals surface area contributed by atoms with Crippen molar-refractivity contribution in [1.82, 2.24) is 52.8 Å². The molecule has 0 fully saturated rings. The first-order chi connectivity index (χ1) is 40.2. The fourth-order valence-corrected chi connectivity index (χ4v) is 9.14. The molecule has 1 heterocycles. The highest BCUT2D eigenvalue weighted by atomic mass is 32.2. The van der Waals surface area contributed by atoms with Crippen molar-refractivity contribution in [3.63, 3.8) is 0 Å². The number of nitrogens with one attached hydrogen (secondary N) is 9. The van der Waals surface area contributed by atoms with Gasteiger partial charge in [-0.3, -0.25) is 57.7 Å². The molecule has 0 aliphatic carbocycles. The number of rotatable bonds is 41. The first-order valence-corrected chi connectivity index (χ1v) is 29.3. The standard InChI is InChI=1S/C56H87N13O15S/c1-8-9-12-38(64-54(81)41(25-44(58)71)66-53(80)39(22-31(2)3)65-49(76)33(6)11-10-19-57)51(78)69-48(32(4)5)56(83)67-42(27-70)55(82)68-43(50(77)61-26-45(59)72)29-85-30-46(73)63-40(24-35-13-15-37(16-14-35)84-28-47(74)75)52(79)62-34(7)23-36-17-20-60-21-18-36/h13-18,20-21,31-34,38-43,48,70H,8-12,19,22-30,57H2,1-7H3,(H2,58,71)(H2,59,72)(H,61,77)(H,62,79)(H,63,73)(H,64,81)(H,65,76)(H,66,80)(H,67,83)(H,68,82)(H,69,78)(H,74,75)/t33-,34+,38-,39+,40-,41-,42-,43-,48-/m0/s1. The molecule has 472 valence electrons. The van der Waals surface area contributed by atoms with Crippen LogP contribution in [0.2, 0.25) is 0 Å². The fraction of sp³-hybridized carbons (Fsp3) is 0.589. The lowest BCUT2D eigenvalue weighted by atomic mass is 9.99. The van der Waals surface area contributed by atoms with Gasteiger partial charge >= 0.3 is 5.97 Å². The number of hydrogen-bond donors (Lipinski definition) is 14. The smallest absolute Gasteiger partial charge is 0.341 e. The third-order valence-electron chi connectivity index (χ3n) is 12.9. The molecule has 0 aliphatic rings. The van der Waals surface area contributed by atoms with E-state index in [1.165, 1.54) is 12.1 Å². The maximum atomic E-state index is 14.0. The van der Waals surface area contributed by atoms with E-state index in [2.05, 4.69) is 52.8 Å². The molecule has 0 saturated carbocycles. The van der Waals surface area contributed by atoms with E-state index < -0.39 is 151 Å². The summed E-state index contributed by atoms with van der Waals surface area (Å²) in [6.45, 7) is 10.2. The predicted octanol–water partition coefficient (Wildman–Crippen LogP) is -2.30. The number of carbonyl (C=O) groups excluding carboxylic acids is 11. The van der Waals surface area contributed by atoms with Gasteiger partial charge in [0.05, 0.1) is 25.3 Å². The molecule has 0 unspecified atom stereocenters. The number of nitrogens with two attached hydrogens (primary N) is 3. The van der Waals surface area contributed by atoms with Crippen LogP contribution in [0.3, 0.4) is 0 Å². The fourth-order valence-electron chi connectivity index (χ4n) is 8.29. The zero-order valence-corrected chi connectivity index (χ0v) is 50.2. The maximum Gasteiger partial charge on any atom is 0.341 e. The average molecular weight is 1210 g/mol. The van der Waals surface area contributed by atoms with E-state index in [1.54, 1.807) is 64.4 Å². The lowest BCUT2D eigenvalue weighted by Crippen LogP contribution is -2.61. The van der Waals surface area contributed by atoms with Crippen molar-refractivity contribution in [2.75, 3.05) is 37.8 Å². The Hall–Kier alpha value is -7.92. The van der Waals surface area contributed by atoms with Crippen molar-refractivity contribution in [3.05, 3.63) is 59.9 Å². The highest BCUT2D eigenvalue weighted by Gasteiger charge is 2.35. The summed E-state index contributed by atoms with van der Waals surface area (Å²) in [5.41, 5.74) is 17.8. The van der Waals surface area contributed by atoms with Gasteiger partial charge in [0.2, 0.25) is 65.0 Å². The minimum atomic E-state index is -1.75. The van der Waals surface area contributed by atoms with E-state index >= 15 is 0 Å². The zero-order valence-electron chi connectivity index (χ0n) is 49.4. The Labute approximate surface area is 499 Å². The number of thioether (sulfide) groups is 1. The number of amides is 11. The molecule has 9 atom stereocenters. The maximum absolute atomic E-state index is 14.0. The Morgan fingerprint density at radius 2 is 1.16 bits per heavy atom. The summed E-state index contributed by atoms with van der Waals surface area (Å²) in [4.78, 5) is 162. The Kier molecular flexibility index (Phi) is 33.4. The third kappa shape index (κ3) is 29.0. The number of benzene rings is 1. The number of hydrogen-bond acceptors (Lipinski definition) is 17. The van der Waals surface area contributed by atoms with Gasteiger partial charge in [-0.05, 0) is 92.8 Å². The first kappa shape index (κ1) is 73.2. The van der Waals surface area contributed by atoms with Crippen LogP contribution in [0.1, 0.15) is 105 Å². The summed E-state index contributed by atoms with van der Waals surface area (Å²) in [6.07, 6.45) is 5.15. The summed E-state index contributed by atoms with van der Waals surface area (Å²) >= 11 is 0.841. The van der Waals surface area contributed by atoms with Gasteiger partial charge in [-0.2, -0.15) is 0 Å². The zero-order chi connectivity index (χ0) is 63.8. The summed E-state index contributed by atoms with van der Waals surface area (Å²) < 4.78 is 5.20. The number of aliphatic hydroxyl groups is 1. The number of pyridine rings is 1. The third-order valence-corrected chi connectivity index (χ3v) is 13.9. The number of carboxylic acids is 1. The minimum absolute atomic E-state index is 0.0113. The number of carbonyl (C=O) groups is 12. The van der Waals surface area contributed by atoms with Crippen LogP contribution in [0.15, 0.2) is 48.8 Å².